The molecule has 1 unspecified atom stereocenters. The van der Waals surface area contributed by atoms with Gasteiger partial charge in [0.2, 0.25) is 0 Å². The Bertz CT molecular complexity index is 396. The standard InChI is InChI=1S/C15H22O2S2/c1-2-4-12(10-18)11-19-13-5-6-14-15(9-13)17-8-3-7-16-14/h5-6,9,12,18H,2-4,7-8,10-11H2,1H3. The molecule has 0 saturated heterocycles. The Balaban J connectivity index is 1.95. The maximum Gasteiger partial charge on any atom is 0.162 e. The van der Waals surface area contributed by atoms with Crippen molar-refractivity contribution in [2.45, 2.75) is 31.1 Å². The van der Waals surface area contributed by atoms with Gasteiger partial charge in [-0.1, -0.05) is 13.3 Å². The van der Waals surface area contributed by atoms with E-state index in [1.54, 1.807) is 0 Å². The first-order chi connectivity index (χ1) is 9.33. The van der Waals surface area contributed by atoms with Gasteiger partial charge in [-0.2, -0.15) is 12.6 Å². The van der Waals surface area contributed by atoms with Crippen LogP contribution in [0.5, 0.6) is 11.5 Å². The minimum Gasteiger partial charge on any atom is -0.490 e. The van der Waals surface area contributed by atoms with Gasteiger partial charge in [-0.05, 0) is 36.3 Å². The number of hydrogen-bond donors (Lipinski definition) is 1. The fraction of sp³-hybridized carbons (Fsp3) is 0.600. The number of thioether (sulfide) groups is 1. The van der Waals surface area contributed by atoms with Crippen molar-refractivity contribution in [1.82, 2.24) is 0 Å². The van der Waals surface area contributed by atoms with E-state index in [1.807, 2.05) is 17.8 Å². The fourth-order valence-corrected chi connectivity index (χ4v) is 3.64. The molecule has 2 rings (SSSR count). The normalized spacial score (nSPS) is 15.9. The molecule has 0 N–H and O–H groups in total. The van der Waals surface area contributed by atoms with E-state index in [-0.39, 0.29) is 0 Å². The first kappa shape index (κ1) is 14.9. The molecule has 1 heterocycles. The van der Waals surface area contributed by atoms with Gasteiger partial charge in [0, 0.05) is 17.1 Å². The average molecular weight is 298 g/mol. The predicted molar refractivity (Wildman–Crippen MR) is 85.0 cm³/mol. The zero-order chi connectivity index (χ0) is 13.5. The maximum atomic E-state index is 5.72. The molecular formula is C15H22O2S2. The molecule has 0 aromatic heterocycles. The van der Waals surface area contributed by atoms with E-state index in [1.165, 1.54) is 17.7 Å². The Morgan fingerprint density at radius 1 is 1.26 bits per heavy atom. The lowest BCUT2D eigenvalue weighted by atomic mass is 10.1. The van der Waals surface area contributed by atoms with Gasteiger partial charge in [0.05, 0.1) is 13.2 Å². The number of rotatable bonds is 6. The van der Waals surface area contributed by atoms with Crippen LogP contribution in [0.25, 0.3) is 0 Å². The summed E-state index contributed by atoms with van der Waals surface area (Å²) in [6, 6.07) is 6.26. The molecule has 1 aromatic rings. The lowest BCUT2D eigenvalue weighted by molar-refractivity contribution is 0.297. The molecule has 106 valence electrons. The van der Waals surface area contributed by atoms with Crippen LogP contribution in [0, 0.1) is 5.92 Å². The van der Waals surface area contributed by atoms with Gasteiger partial charge in [0.25, 0.3) is 0 Å². The zero-order valence-corrected chi connectivity index (χ0v) is 13.1. The molecule has 0 amide bonds. The molecule has 1 aliphatic rings. The highest BCUT2D eigenvalue weighted by Gasteiger charge is 2.12. The maximum absolute atomic E-state index is 5.72. The molecular weight excluding hydrogens is 276 g/mol. The number of benzene rings is 1. The van der Waals surface area contributed by atoms with Gasteiger partial charge in [0.15, 0.2) is 11.5 Å². The summed E-state index contributed by atoms with van der Waals surface area (Å²) in [5, 5.41) is 0. The Kier molecular flexibility index (Phi) is 6.24. The van der Waals surface area contributed by atoms with Crippen LogP contribution >= 0.6 is 24.4 Å². The molecule has 19 heavy (non-hydrogen) atoms. The molecule has 1 aromatic carbocycles. The molecule has 1 aliphatic heterocycles. The minimum absolute atomic E-state index is 0.689. The van der Waals surface area contributed by atoms with Crippen molar-refractivity contribution in [3.05, 3.63) is 18.2 Å². The first-order valence-electron chi connectivity index (χ1n) is 6.96. The Morgan fingerprint density at radius 2 is 2.05 bits per heavy atom. The third-order valence-corrected chi connectivity index (χ3v) is 4.90. The molecule has 1 atom stereocenters. The third kappa shape index (κ3) is 4.53. The van der Waals surface area contributed by atoms with Crippen LogP contribution in [0.3, 0.4) is 0 Å². The third-order valence-electron chi connectivity index (χ3n) is 3.16. The highest BCUT2D eigenvalue weighted by molar-refractivity contribution is 7.99. The molecule has 0 fully saturated rings. The van der Waals surface area contributed by atoms with Gasteiger partial charge in [-0.3, -0.25) is 0 Å². The molecule has 0 bridgehead atoms. The number of thiol groups is 1. The van der Waals surface area contributed by atoms with Crippen LogP contribution in [-0.2, 0) is 0 Å². The predicted octanol–water partition coefficient (Wildman–Crippen LogP) is 4.29. The quantitative estimate of drug-likeness (QED) is 0.624. The van der Waals surface area contributed by atoms with Gasteiger partial charge in [-0.25, -0.2) is 0 Å². The second kappa shape index (κ2) is 7.95. The molecule has 4 heteroatoms. The van der Waals surface area contributed by atoms with Crippen molar-refractivity contribution in [1.29, 1.82) is 0 Å². The summed E-state index contributed by atoms with van der Waals surface area (Å²) in [6.45, 7) is 3.72. The van der Waals surface area contributed by atoms with Crippen LogP contribution in [0.1, 0.15) is 26.2 Å². The van der Waals surface area contributed by atoms with Crippen molar-refractivity contribution in [2.24, 2.45) is 5.92 Å². The summed E-state index contributed by atoms with van der Waals surface area (Å²) in [7, 11) is 0. The zero-order valence-electron chi connectivity index (χ0n) is 11.4. The van der Waals surface area contributed by atoms with Crippen LogP contribution in [-0.4, -0.2) is 24.7 Å². The van der Waals surface area contributed by atoms with Gasteiger partial charge in [0.1, 0.15) is 0 Å². The highest BCUT2D eigenvalue weighted by Crippen LogP contribution is 2.34. The Morgan fingerprint density at radius 3 is 2.79 bits per heavy atom. The van der Waals surface area contributed by atoms with Gasteiger partial charge in [-0.15, -0.1) is 11.8 Å². The molecule has 2 nitrogen and oxygen atoms in total. The van der Waals surface area contributed by atoms with Crippen molar-refractivity contribution in [3.63, 3.8) is 0 Å². The summed E-state index contributed by atoms with van der Waals surface area (Å²) in [4.78, 5) is 1.26. The second-order valence-corrected chi connectivity index (χ2v) is 6.27. The Hall–Kier alpha value is -0.480. The van der Waals surface area contributed by atoms with E-state index in [2.05, 4.69) is 31.7 Å². The Labute approximate surface area is 125 Å². The van der Waals surface area contributed by atoms with E-state index in [0.717, 1.165) is 42.6 Å². The molecule has 0 aliphatic carbocycles. The minimum atomic E-state index is 0.689. The number of hydrogen-bond acceptors (Lipinski definition) is 4. The summed E-state index contributed by atoms with van der Waals surface area (Å²) < 4.78 is 11.4. The van der Waals surface area contributed by atoms with E-state index < -0.39 is 0 Å². The SMILES string of the molecule is CCCC(CS)CSc1ccc2c(c1)OCCCO2. The number of ether oxygens (including phenoxy) is 2. The monoisotopic (exact) mass is 298 g/mol. The largest absolute Gasteiger partial charge is 0.490 e. The highest BCUT2D eigenvalue weighted by atomic mass is 32.2. The van der Waals surface area contributed by atoms with Crippen molar-refractivity contribution in [2.75, 3.05) is 24.7 Å². The van der Waals surface area contributed by atoms with Crippen molar-refractivity contribution in [3.8, 4) is 11.5 Å². The van der Waals surface area contributed by atoms with Crippen molar-refractivity contribution < 1.29 is 9.47 Å². The van der Waals surface area contributed by atoms with Crippen LogP contribution < -0.4 is 9.47 Å². The van der Waals surface area contributed by atoms with E-state index in [9.17, 15) is 0 Å². The number of fused-ring (bicyclic) bond motifs is 1. The van der Waals surface area contributed by atoms with Crippen LogP contribution in [0.2, 0.25) is 0 Å². The fourth-order valence-electron chi connectivity index (χ4n) is 2.08. The first-order valence-corrected chi connectivity index (χ1v) is 8.58. The second-order valence-electron chi connectivity index (χ2n) is 4.81. The van der Waals surface area contributed by atoms with Gasteiger partial charge < -0.3 is 9.47 Å². The van der Waals surface area contributed by atoms with Gasteiger partial charge >= 0.3 is 0 Å². The van der Waals surface area contributed by atoms with E-state index >= 15 is 0 Å². The molecule has 0 spiro atoms. The topological polar surface area (TPSA) is 18.5 Å². The summed E-state index contributed by atoms with van der Waals surface area (Å²) >= 11 is 6.32. The smallest absolute Gasteiger partial charge is 0.162 e. The summed E-state index contributed by atoms with van der Waals surface area (Å²) in [5.41, 5.74) is 0. The average Bonchev–Trinajstić information content (AvgIpc) is 2.68. The summed E-state index contributed by atoms with van der Waals surface area (Å²) in [5.74, 6) is 4.54. The van der Waals surface area contributed by atoms with Crippen LogP contribution in [0.4, 0.5) is 0 Å². The summed E-state index contributed by atoms with van der Waals surface area (Å²) in [6.07, 6.45) is 3.43. The lowest BCUT2D eigenvalue weighted by Gasteiger charge is -2.13. The molecule has 0 saturated carbocycles. The van der Waals surface area contributed by atoms with E-state index in [0.29, 0.717) is 5.92 Å². The molecule has 0 radical (unpaired) electrons. The lowest BCUT2D eigenvalue weighted by Crippen LogP contribution is -2.05. The van der Waals surface area contributed by atoms with Crippen LogP contribution in [0.15, 0.2) is 23.1 Å². The van der Waals surface area contributed by atoms with Crippen molar-refractivity contribution >= 4 is 24.4 Å². The van der Waals surface area contributed by atoms with E-state index in [4.69, 9.17) is 9.47 Å².